The molecule has 0 amide bonds. The van der Waals surface area contributed by atoms with E-state index in [9.17, 15) is 0 Å². The average molecular weight is 174 g/mol. The van der Waals surface area contributed by atoms with Crippen molar-refractivity contribution in [2.45, 2.75) is 0 Å². The maximum absolute atomic E-state index is 5.48. The number of aromatic amines is 1. The second kappa shape index (κ2) is 3.59. The molecule has 0 aliphatic carbocycles. The molecular weight excluding hydrogens is 169 g/mol. The van der Waals surface area contributed by atoms with E-state index in [0.717, 1.165) is 0 Å². The van der Waals surface area contributed by atoms with E-state index in [2.05, 4.69) is 19.9 Å². The second-order valence-electron chi connectivity index (χ2n) is 1.86. The Hall–Kier alpha value is -0.0136. The zero-order valence-electron chi connectivity index (χ0n) is 6.07. The number of H-pyrrole nitrogens is 1. The fraction of sp³-hybridized carbons (Fsp3) is 0. The fourth-order valence-electron chi connectivity index (χ4n) is 0.784. The standard InChI is InChI=1S/C5H5N5.K/c6-4-3-5(9-1-7-3)10-2-8-4;/h1-2H,(H3,6,7,8,9,10);/q;+1. The third kappa shape index (κ3) is 1.59. The van der Waals surface area contributed by atoms with Gasteiger partial charge in [0.2, 0.25) is 0 Å². The Kier molecular flexibility index (Phi) is 2.96. The van der Waals surface area contributed by atoms with Gasteiger partial charge in [0, 0.05) is 0 Å². The molecule has 0 unspecified atom stereocenters. The number of aromatic nitrogens is 4. The third-order valence-corrected chi connectivity index (χ3v) is 1.25. The van der Waals surface area contributed by atoms with Crippen molar-refractivity contribution in [2.24, 2.45) is 0 Å². The first-order chi connectivity index (χ1) is 4.88. The van der Waals surface area contributed by atoms with Gasteiger partial charge >= 0.3 is 51.4 Å². The molecule has 0 radical (unpaired) electrons. The van der Waals surface area contributed by atoms with Crippen LogP contribution in [0.3, 0.4) is 0 Å². The SMILES string of the molecule is Nc1ncnc2nc[nH]c12.[K+]. The van der Waals surface area contributed by atoms with Crippen molar-refractivity contribution in [1.29, 1.82) is 0 Å². The maximum Gasteiger partial charge on any atom is 1.00 e. The predicted octanol–water partition coefficient (Wildman–Crippen LogP) is -3.06. The Bertz CT molecular complexity index is 356. The van der Waals surface area contributed by atoms with Gasteiger partial charge in [-0.05, 0) is 0 Å². The minimum Gasteiger partial charge on any atom is -0.382 e. The average Bonchev–Trinajstić information content (AvgIpc) is 2.36. The molecule has 2 aromatic heterocycles. The van der Waals surface area contributed by atoms with Gasteiger partial charge in [-0.15, -0.1) is 0 Å². The molecule has 0 saturated carbocycles. The number of nitrogen functional groups attached to an aromatic ring is 1. The van der Waals surface area contributed by atoms with Crippen molar-refractivity contribution in [2.75, 3.05) is 5.73 Å². The Balaban J connectivity index is 0.000000605. The smallest absolute Gasteiger partial charge is 0.382 e. The first-order valence-corrected chi connectivity index (χ1v) is 2.77. The summed E-state index contributed by atoms with van der Waals surface area (Å²) < 4.78 is 0. The summed E-state index contributed by atoms with van der Waals surface area (Å²) in [4.78, 5) is 14.4. The molecule has 0 atom stereocenters. The van der Waals surface area contributed by atoms with Gasteiger partial charge in [0.1, 0.15) is 11.8 Å². The zero-order valence-corrected chi connectivity index (χ0v) is 9.20. The Morgan fingerprint density at radius 3 is 2.82 bits per heavy atom. The predicted molar refractivity (Wildman–Crippen MR) is 36.1 cm³/mol. The van der Waals surface area contributed by atoms with Crippen molar-refractivity contribution in [1.82, 2.24) is 19.9 Å². The molecule has 3 N–H and O–H groups in total. The first kappa shape index (κ1) is 9.08. The minimum atomic E-state index is 0. The number of hydrogen-bond donors (Lipinski definition) is 2. The summed E-state index contributed by atoms with van der Waals surface area (Å²) in [6, 6.07) is 0. The minimum absolute atomic E-state index is 0. The number of nitrogens with zero attached hydrogens (tertiary/aromatic N) is 3. The molecule has 6 heteroatoms. The van der Waals surface area contributed by atoms with Crippen molar-refractivity contribution in [3.63, 3.8) is 0 Å². The largest absolute Gasteiger partial charge is 1.00 e. The number of nitrogens with one attached hydrogen (secondary N) is 1. The van der Waals surface area contributed by atoms with E-state index < -0.39 is 0 Å². The van der Waals surface area contributed by atoms with Crippen LogP contribution >= 0.6 is 0 Å². The summed E-state index contributed by atoms with van der Waals surface area (Å²) in [5.74, 6) is 0.433. The van der Waals surface area contributed by atoms with E-state index in [-0.39, 0.29) is 51.4 Å². The summed E-state index contributed by atoms with van der Waals surface area (Å²) in [5.41, 5.74) is 6.78. The van der Waals surface area contributed by atoms with Crippen LogP contribution < -0.4 is 57.1 Å². The van der Waals surface area contributed by atoms with Gasteiger partial charge in [-0.2, -0.15) is 0 Å². The topological polar surface area (TPSA) is 80.5 Å². The number of nitrogens with two attached hydrogens (primary N) is 1. The number of rotatable bonds is 0. The van der Waals surface area contributed by atoms with E-state index in [1.807, 2.05) is 0 Å². The van der Waals surface area contributed by atoms with E-state index in [1.54, 1.807) is 0 Å². The molecule has 2 rings (SSSR count). The molecule has 50 valence electrons. The number of imidazole rings is 1. The van der Waals surface area contributed by atoms with E-state index in [4.69, 9.17) is 5.73 Å². The number of anilines is 1. The third-order valence-electron chi connectivity index (χ3n) is 1.25. The van der Waals surface area contributed by atoms with Crippen molar-refractivity contribution >= 4 is 17.0 Å². The van der Waals surface area contributed by atoms with E-state index >= 15 is 0 Å². The Morgan fingerprint density at radius 1 is 1.27 bits per heavy atom. The summed E-state index contributed by atoms with van der Waals surface area (Å²) in [6.45, 7) is 0. The summed E-state index contributed by atoms with van der Waals surface area (Å²) in [7, 11) is 0. The second-order valence-corrected chi connectivity index (χ2v) is 1.86. The maximum atomic E-state index is 5.48. The number of hydrogen-bond acceptors (Lipinski definition) is 4. The van der Waals surface area contributed by atoms with Crippen LogP contribution in [0.5, 0.6) is 0 Å². The summed E-state index contributed by atoms with van der Waals surface area (Å²) in [5, 5.41) is 0. The molecule has 0 bridgehead atoms. The van der Waals surface area contributed by atoms with Gasteiger partial charge < -0.3 is 10.7 Å². The van der Waals surface area contributed by atoms with Crippen LogP contribution in [-0.4, -0.2) is 19.9 Å². The van der Waals surface area contributed by atoms with Gasteiger partial charge in [0.15, 0.2) is 11.5 Å². The van der Waals surface area contributed by atoms with Crippen molar-refractivity contribution in [3.05, 3.63) is 12.7 Å². The van der Waals surface area contributed by atoms with Crippen LogP contribution in [0.2, 0.25) is 0 Å². The van der Waals surface area contributed by atoms with Gasteiger partial charge in [-0.3, -0.25) is 0 Å². The van der Waals surface area contributed by atoms with Gasteiger partial charge in [0.05, 0.1) is 6.33 Å². The van der Waals surface area contributed by atoms with Crippen LogP contribution in [0, 0.1) is 0 Å². The zero-order chi connectivity index (χ0) is 6.97. The monoisotopic (exact) mass is 174 g/mol. The molecular formula is C5H5KN5+. The molecule has 0 saturated heterocycles. The Morgan fingerprint density at radius 2 is 2.09 bits per heavy atom. The van der Waals surface area contributed by atoms with E-state index in [0.29, 0.717) is 17.0 Å². The molecule has 0 aliphatic heterocycles. The Labute approximate surface area is 105 Å². The molecule has 0 spiro atoms. The van der Waals surface area contributed by atoms with Crippen LogP contribution in [0.15, 0.2) is 12.7 Å². The first-order valence-electron chi connectivity index (χ1n) is 2.77. The van der Waals surface area contributed by atoms with Crippen LogP contribution in [0.25, 0.3) is 11.2 Å². The fourth-order valence-corrected chi connectivity index (χ4v) is 0.784. The van der Waals surface area contributed by atoms with Crippen LogP contribution in [0.4, 0.5) is 5.82 Å². The molecule has 11 heavy (non-hydrogen) atoms. The summed E-state index contributed by atoms with van der Waals surface area (Å²) >= 11 is 0. The van der Waals surface area contributed by atoms with Crippen LogP contribution in [0.1, 0.15) is 0 Å². The molecule has 5 nitrogen and oxygen atoms in total. The van der Waals surface area contributed by atoms with Crippen molar-refractivity contribution < 1.29 is 51.4 Å². The van der Waals surface area contributed by atoms with Gasteiger partial charge in [-0.1, -0.05) is 0 Å². The van der Waals surface area contributed by atoms with Crippen LogP contribution in [-0.2, 0) is 0 Å². The van der Waals surface area contributed by atoms with Gasteiger partial charge in [-0.25, -0.2) is 15.0 Å². The molecule has 0 aliphatic rings. The summed E-state index contributed by atoms with van der Waals surface area (Å²) in [6.07, 6.45) is 2.92. The molecule has 2 heterocycles. The number of fused-ring (bicyclic) bond motifs is 1. The van der Waals surface area contributed by atoms with E-state index in [1.165, 1.54) is 12.7 Å². The van der Waals surface area contributed by atoms with Gasteiger partial charge in [0.25, 0.3) is 0 Å². The molecule has 0 aromatic carbocycles. The quantitative estimate of drug-likeness (QED) is 0.416. The molecule has 2 aromatic rings. The normalized spacial score (nSPS) is 9.45. The van der Waals surface area contributed by atoms with Crippen molar-refractivity contribution in [3.8, 4) is 0 Å². The molecule has 0 fully saturated rings.